The number of rotatable bonds is 3. The van der Waals surface area contributed by atoms with Crippen molar-refractivity contribution in [2.45, 2.75) is 31.0 Å². The first-order valence-corrected chi connectivity index (χ1v) is 7.93. The first-order valence-electron chi connectivity index (χ1n) is 7.93. The van der Waals surface area contributed by atoms with Crippen molar-refractivity contribution in [1.82, 2.24) is 19.9 Å². The van der Waals surface area contributed by atoms with E-state index in [1.54, 1.807) is 30.9 Å². The second-order valence-electron chi connectivity index (χ2n) is 6.04. The molecule has 2 aromatic heterocycles. The highest BCUT2D eigenvalue weighted by Gasteiger charge is 2.45. The van der Waals surface area contributed by atoms with Gasteiger partial charge in [-0.3, -0.25) is 0 Å². The van der Waals surface area contributed by atoms with E-state index in [0.717, 1.165) is 38.3 Å². The minimum absolute atomic E-state index is 0.00552. The summed E-state index contributed by atoms with van der Waals surface area (Å²) in [6.45, 7) is 2.33. The summed E-state index contributed by atoms with van der Waals surface area (Å²) in [5.74, 6) is 0.769. The van der Waals surface area contributed by atoms with E-state index in [9.17, 15) is 0 Å². The van der Waals surface area contributed by atoms with Crippen LogP contribution in [0.1, 0.15) is 19.3 Å². The molecule has 23 heavy (non-hydrogen) atoms. The molecule has 1 spiro atoms. The van der Waals surface area contributed by atoms with Gasteiger partial charge in [0.05, 0.1) is 12.2 Å². The average Bonchev–Trinajstić information content (AvgIpc) is 2.98. The van der Waals surface area contributed by atoms with Crippen molar-refractivity contribution in [3.63, 3.8) is 0 Å². The summed E-state index contributed by atoms with van der Waals surface area (Å²) in [6, 6.07) is 4.02. The number of hydrogen-bond donors (Lipinski definition) is 0. The molecule has 120 valence electrons. The molecule has 2 fully saturated rings. The number of nitrogens with zero attached hydrogens (tertiary/aromatic N) is 5. The zero-order valence-electron chi connectivity index (χ0n) is 12.8. The summed E-state index contributed by atoms with van der Waals surface area (Å²) in [5, 5.41) is 0. The number of anilines is 1. The standard InChI is InChI=1S/C16H19N5O2/c1-4-16(12-21(9-1)14-17-5-2-6-18-14)10-13(11-22-16)23-15-19-7-3-8-20-15/h2-3,5-8,13H,1,4,9-12H2. The van der Waals surface area contributed by atoms with Crippen molar-refractivity contribution >= 4 is 5.95 Å². The molecule has 2 aliphatic heterocycles. The third-order valence-electron chi connectivity index (χ3n) is 4.36. The minimum Gasteiger partial charge on any atom is -0.458 e. The van der Waals surface area contributed by atoms with Crippen LogP contribution in [-0.4, -0.2) is 51.3 Å². The molecule has 2 aliphatic rings. The zero-order valence-corrected chi connectivity index (χ0v) is 12.8. The van der Waals surface area contributed by atoms with Crippen molar-refractivity contribution in [2.24, 2.45) is 0 Å². The maximum absolute atomic E-state index is 6.14. The van der Waals surface area contributed by atoms with Gasteiger partial charge in [0, 0.05) is 44.3 Å². The van der Waals surface area contributed by atoms with Crippen LogP contribution in [0, 0.1) is 0 Å². The summed E-state index contributed by atoms with van der Waals surface area (Å²) in [4.78, 5) is 19.1. The Labute approximate surface area is 134 Å². The van der Waals surface area contributed by atoms with Crippen LogP contribution in [0.25, 0.3) is 0 Å². The molecule has 0 radical (unpaired) electrons. The Morgan fingerprint density at radius 3 is 2.61 bits per heavy atom. The lowest BCUT2D eigenvalue weighted by molar-refractivity contribution is -0.00858. The van der Waals surface area contributed by atoms with Crippen LogP contribution in [-0.2, 0) is 4.74 Å². The second kappa shape index (κ2) is 6.08. The van der Waals surface area contributed by atoms with E-state index in [2.05, 4.69) is 24.8 Å². The van der Waals surface area contributed by atoms with Gasteiger partial charge in [-0.1, -0.05) is 0 Å². The van der Waals surface area contributed by atoms with E-state index in [-0.39, 0.29) is 11.7 Å². The van der Waals surface area contributed by atoms with Crippen LogP contribution in [0.2, 0.25) is 0 Å². The van der Waals surface area contributed by atoms with Crippen molar-refractivity contribution in [3.05, 3.63) is 36.9 Å². The largest absolute Gasteiger partial charge is 0.458 e. The fourth-order valence-corrected chi connectivity index (χ4v) is 3.38. The molecular weight excluding hydrogens is 294 g/mol. The van der Waals surface area contributed by atoms with Gasteiger partial charge in [0.1, 0.15) is 6.10 Å². The number of ether oxygens (including phenoxy) is 2. The topological polar surface area (TPSA) is 73.3 Å². The Bertz CT molecular complexity index is 641. The van der Waals surface area contributed by atoms with Gasteiger partial charge in [-0.25, -0.2) is 19.9 Å². The summed E-state index contributed by atoms with van der Waals surface area (Å²) in [5.41, 5.74) is -0.184. The van der Waals surface area contributed by atoms with Crippen LogP contribution < -0.4 is 9.64 Å². The highest BCUT2D eigenvalue weighted by atomic mass is 16.6. The van der Waals surface area contributed by atoms with Gasteiger partial charge in [0.15, 0.2) is 0 Å². The van der Waals surface area contributed by atoms with Crippen molar-refractivity contribution in [2.75, 3.05) is 24.6 Å². The molecule has 7 nitrogen and oxygen atoms in total. The summed E-state index contributed by atoms with van der Waals surface area (Å²) >= 11 is 0. The number of hydrogen-bond acceptors (Lipinski definition) is 7. The van der Waals surface area contributed by atoms with Gasteiger partial charge in [-0.15, -0.1) is 0 Å². The van der Waals surface area contributed by atoms with Crippen LogP contribution in [0.15, 0.2) is 36.9 Å². The molecular formula is C16H19N5O2. The van der Waals surface area contributed by atoms with Crippen molar-refractivity contribution in [3.8, 4) is 6.01 Å². The monoisotopic (exact) mass is 313 g/mol. The predicted octanol–water partition coefficient (Wildman–Crippen LogP) is 1.47. The lowest BCUT2D eigenvalue weighted by Crippen LogP contribution is -2.48. The molecule has 0 aliphatic carbocycles. The Kier molecular flexibility index (Phi) is 3.78. The molecule has 2 saturated heterocycles. The SMILES string of the molecule is c1cnc(OC2COC3(CCCN(c4ncccn4)C3)C2)nc1. The molecule has 0 bridgehead atoms. The van der Waals surface area contributed by atoms with Crippen LogP contribution >= 0.6 is 0 Å². The molecule has 2 aromatic rings. The smallest absolute Gasteiger partial charge is 0.316 e. The molecule has 0 N–H and O–H groups in total. The fraction of sp³-hybridized carbons (Fsp3) is 0.500. The third-order valence-corrected chi connectivity index (χ3v) is 4.36. The highest BCUT2D eigenvalue weighted by Crippen LogP contribution is 2.36. The quantitative estimate of drug-likeness (QED) is 0.849. The molecule has 4 rings (SSSR count). The Morgan fingerprint density at radius 2 is 1.83 bits per heavy atom. The predicted molar refractivity (Wildman–Crippen MR) is 83.2 cm³/mol. The molecule has 7 heteroatoms. The van der Waals surface area contributed by atoms with Gasteiger partial charge in [0.25, 0.3) is 0 Å². The Hall–Kier alpha value is -2.28. The van der Waals surface area contributed by atoms with E-state index < -0.39 is 0 Å². The van der Waals surface area contributed by atoms with E-state index in [4.69, 9.17) is 9.47 Å². The molecule has 4 heterocycles. The van der Waals surface area contributed by atoms with E-state index in [1.807, 2.05) is 6.07 Å². The summed E-state index contributed by atoms with van der Waals surface area (Å²) < 4.78 is 12.0. The van der Waals surface area contributed by atoms with E-state index in [0.29, 0.717) is 12.6 Å². The lowest BCUT2D eigenvalue weighted by atomic mass is 9.89. The zero-order chi connectivity index (χ0) is 15.5. The lowest BCUT2D eigenvalue weighted by Gasteiger charge is -2.39. The van der Waals surface area contributed by atoms with Gasteiger partial charge >= 0.3 is 6.01 Å². The van der Waals surface area contributed by atoms with Crippen molar-refractivity contribution < 1.29 is 9.47 Å². The normalized spacial score (nSPS) is 27.3. The van der Waals surface area contributed by atoms with Crippen LogP contribution in [0.3, 0.4) is 0 Å². The number of piperidine rings is 1. The van der Waals surface area contributed by atoms with Gasteiger partial charge < -0.3 is 14.4 Å². The Balaban J connectivity index is 1.43. The maximum Gasteiger partial charge on any atom is 0.316 e. The molecule has 2 atom stereocenters. The third kappa shape index (κ3) is 3.10. The van der Waals surface area contributed by atoms with Gasteiger partial charge in [-0.2, -0.15) is 0 Å². The molecule has 0 saturated carbocycles. The fourth-order valence-electron chi connectivity index (χ4n) is 3.38. The van der Waals surface area contributed by atoms with Gasteiger partial charge in [-0.05, 0) is 25.0 Å². The second-order valence-corrected chi connectivity index (χ2v) is 6.04. The average molecular weight is 313 g/mol. The maximum atomic E-state index is 6.14. The van der Waals surface area contributed by atoms with Gasteiger partial charge in [0.2, 0.25) is 5.95 Å². The molecule has 2 unspecified atom stereocenters. The minimum atomic E-state index is -0.184. The first-order chi connectivity index (χ1) is 11.3. The Morgan fingerprint density at radius 1 is 1.09 bits per heavy atom. The summed E-state index contributed by atoms with van der Waals surface area (Å²) in [6.07, 6.45) is 9.85. The summed E-state index contributed by atoms with van der Waals surface area (Å²) in [7, 11) is 0. The molecule has 0 amide bonds. The van der Waals surface area contributed by atoms with Crippen LogP contribution in [0.5, 0.6) is 6.01 Å². The first kappa shape index (κ1) is 14.3. The van der Waals surface area contributed by atoms with E-state index >= 15 is 0 Å². The van der Waals surface area contributed by atoms with Crippen molar-refractivity contribution in [1.29, 1.82) is 0 Å². The van der Waals surface area contributed by atoms with E-state index in [1.165, 1.54) is 0 Å². The number of aromatic nitrogens is 4. The highest BCUT2D eigenvalue weighted by molar-refractivity contribution is 5.31. The van der Waals surface area contributed by atoms with Crippen LogP contribution in [0.4, 0.5) is 5.95 Å². The molecule has 0 aromatic carbocycles.